The quantitative estimate of drug-likeness (QED) is 0.802. The lowest BCUT2D eigenvalue weighted by Gasteiger charge is -2.31. The number of halogens is 1. The molecule has 3 nitrogen and oxygen atoms in total. The number of amides is 1. The molecular weight excluding hydrogens is 282 g/mol. The van der Waals surface area contributed by atoms with Crippen LogP contribution in [0.25, 0.3) is 0 Å². The summed E-state index contributed by atoms with van der Waals surface area (Å²) >= 11 is 3.20. The van der Waals surface area contributed by atoms with Crippen LogP contribution in [-0.4, -0.2) is 35.3 Å². The molecule has 0 bridgehead atoms. The molecule has 4 heteroatoms. The summed E-state index contributed by atoms with van der Waals surface area (Å²) in [5.41, 5.74) is 0. The van der Waals surface area contributed by atoms with E-state index in [1.165, 1.54) is 0 Å². The first-order valence-electron chi connectivity index (χ1n) is 5.85. The van der Waals surface area contributed by atoms with Crippen molar-refractivity contribution < 1.29 is 9.53 Å². The molecule has 1 amide bonds. The van der Waals surface area contributed by atoms with Crippen molar-refractivity contribution in [3.8, 4) is 5.75 Å². The van der Waals surface area contributed by atoms with Gasteiger partial charge in [-0.2, -0.15) is 0 Å². The fourth-order valence-corrected chi connectivity index (χ4v) is 2.35. The van der Waals surface area contributed by atoms with E-state index in [9.17, 15) is 4.79 Å². The van der Waals surface area contributed by atoms with Crippen LogP contribution < -0.4 is 4.74 Å². The SMILES string of the molecule is O=C(CBr)N1CCC(Oc2ccccc2)CC1. The van der Waals surface area contributed by atoms with Crippen molar-refractivity contribution in [3.63, 3.8) is 0 Å². The first kappa shape index (κ1) is 12.4. The Labute approximate surface area is 110 Å². The van der Waals surface area contributed by atoms with E-state index in [1.54, 1.807) is 0 Å². The number of ether oxygens (including phenoxy) is 1. The molecule has 0 atom stereocenters. The predicted octanol–water partition coefficient (Wildman–Crippen LogP) is 2.45. The number of likely N-dealkylation sites (tertiary alicyclic amines) is 1. The van der Waals surface area contributed by atoms with Crippen molar-refractivity contribution in [3.05, 3.63) is 30.3 Å². The van der Waals surface area contributed by atoms with E-state index in [1.807, 2.05) is 35.2 Å². The monoisotopic (exact) mass is 297 g/mol. The maximum atomic E-state index is 11.5. The first-order chi connectivity index (χ1) is 8.29. The minimum absolute atomic E-state index is 0.170. The number of carbonyl (C=O) groups excluding carboxylic acids is 1. The molecule has 1 fully saturated rings. The molecule has 1 heterocycles. The van der Waals surface area contributed by atoms with E-state index in [0.29, 0.717) is 5.33 Å². The number of carbonyl (C=O) groups is 1. The van der Waals surface area contributed by atoms with Gasteiger partial charge in [-0.05, 0) is 12.1 Å². The van der Waals surface area contributed by atoms with Crippen molar-refractivity contribution in [1.29, 1.82) is 0 Å². The smallest absolute Gasteiger partial charge is 0.233 e. The lowest BCUT2D eigenvalue weighted by Crippen LogP contribution is -2.42. The van der Waals surface area contributed by atoms with Gasteiger partial charge in [0.15, 0.2) is 0 Å². The van der Waals surface area contributed by atoms with Gasteiger partial charge in [-0.3, -0.25) is 4.79 Å². The van der Waals surface area contributed by atoms with Crippen LogP contribution in [0.5, 0.6) is 5.75 Å². The average Bonchev–Trinajstić information content (AvgIpc) is 2.40. The molecule has 1 aliphatic rings. The summed E-state index contributed by atoms with van der Waals surface area (Å²) in [5, 5.41) is 0.414. The summed E-state index contributed by atoms with van der Waals surface area (Å²) < 4.78 is 5.87. The van der Waals surface area contributed by atoms with Gasteiger partial charge in [0.1, 0.15) is 11.9 Å². The van der Waals surface area contributed by atoms with E-state index >= 15 is 0 Å². The number of benzene rings is 1. The number of rotatable bonds is 3. The van der Waals surface area contributed by atoms with E-state index in [0.717, 1.165) is 31.7 Å². The summed E-state index contributed by atoms with van der Waals surface area (Å²) in [7, 11) is 0. The predicted molar refractivity (Wildman–Crippen MR) is 70.5 cm³/mol. The van der Waals surface area contributed by atoms with Gasteiger partial charge in [0.2, 0.25) is 5.91 Å². The van der Waals surface area contributed by atoms with Gasteiger partial charge in [-0.25, -0.2) is 0 Å². The third kappa shape index (κ3) is 3.46. The van der Waals surface area contributed by atoms with Crippen LogP contribution in [0.3, 0.4) is 0 Å². The second kappa shape index (κ2) is 6.05. The highest BCUT2D eigenvalue weighted by Gasteiger charge is 2.22. The Morgan fingerprint density at radius 2 is 1.94 bits per heavy atom. The van der Waals surface area contributed by atoms with Crippen molar-refractivity contribution in [2.24, 2.45) is 0 Å². The van der Waals surface area contributed by atoms with Crippen LogP contribution in [0.15, 0.2) is 30.3 Å². The fourth-order valence-electron chi connectivity index (χ4n) is 2.00. The van der Waals surface area contributed by atoms with Crippen LogP contribution >= 0.6 is 15.9 Å². The van der Waals surface area contributed by atoms with Gasteiger partial charge < -0.3 is 9.64 Å². The van der Waals surface area contributed by atoms with E-state index < -0.39 is 0 Å². The maximum absolute atomic E-state index is 11.5. The van der Waals surface area contributed by atoms with Crippen LogP contribution in [0, 0.1) is 0 Å². The normalized spacial score (nSPS) is 16.9. The third-order valence-corrected chi connectivity index (χ3v) is 3.43. The van der Waals surface area contributed by atoms with E-state index in [4.69, 9.17) is 4.74 Å². The molecule has 1 aromatic carbocycles. The highest BCUT2D eigenvalue weighted by atomic mass is 79.9. The number of hydrogen-bond donors (Lipinski definition) is 0. The summed E-state index contributed by atoms with van der Waals surface area (Å²) in [4.78, 5) is 13.4. The zero-order valence-corrected chi connectivity index (χ0v) is 11.2. The summed E-state index contributed by atoms with van der Waals surface area (Å²) in [6, 6.07) is 9.85. The largest absolute Gasteiger partial charge is 0.490 e. The number of piperidine rings is 1. The molecular formula is C13H16BrNO2. The molecule has 1 aliphatic heterocycles. The summed E-state index contributed by atoms with van der Waals surface area (Å²) in [6.45, 7) is 1.59. The lowest BCUT2D eigenvalue weighted by molar-refractivity contribution is -0.130. The Morgan fingerprint density at radius 1 is 1.29 bits per heavy atom. The van der Waals surface area contributed by atoms with E-state index in [-0.39, 0.29) is 12.0 Å². The van der Waals surface area contributed by atoms with Crippen molar-refractivity contribution >= 4 is 21.8 Å². The molecule has 1 saturated heterocycles. The summed E-state index contributed by atoms with van der Waals surface area (Å²) in [5.74, 6) is 1.08. The molecule has 2 rings (SSSR count). The average molecular weight is 298 g/mol. The molecule has 17 heavy (non-hydrogen) atoms. The number of para-hydroxylation sites is 1. The first-order valence-corrected chi connectivity index (χ1v) is 6.97. The van der Waals surface area contributed by atoms with Gasteiger partial charge in [0.05, 0.1) is 5.33 Å². The van der Waals surface area contributed by atoms with Crippen LogP contribution in [0.2, 0.25) is 0 Å². The maximum Gasteiger partial charge on any atom is 0.233 e. The second-order valence-corrected chi connectivity index (χ2v) is 4.71. The molecule has 0 spiro atoms. The Hall–Kier alpha value is -1.03. The zero-order chi connectivity index (χ0) is 12.1. The van der Waals surface area contributed by atoms with Gasteiger partial charge in [-0.15, -0.1) is 0 Å². The Balaban J connectivity index is 1.82. The molecule has 1 aromatic rings. The van der Waals surface area contributed by atoms with Gasteiger partial charge in [0, 0.05) is 25.9 Å². The van der Waals surface area contributed by atoms with Gasteiger partial charge in [-0.1, -0.05) is 34.1 Å². The molecule has 92 valence electrons. The number of hydrogen-bond acceptors (Lipinski definition) is 2. The van der Waals surface area contributed by atoms with Crippen molar-refractivity contribution in [1.82, 2.24) is 4.90 Å². The Bertz CT molecular complexity index is 361. The van der Waals surface area contributed by atoms with Crippen molar-refractivity contribution in [2.45, 2.75) is 18.9 Å². The minimum Gasteiger partial charge on any atom is -0.490 e. The highest BCUT2D eigenvalue weighted by molar-refractivity contribution is 9.09. The third-order valence-electron chi connectivity index (χ3n) is 2.95. The zero-order valence-electron chi connectivity index (χ0n) is 9.64. The molecule has 0 saturated carbocycles. The molecule has 0 unspecified atom stereocenters. The van der Waals surface area contributed by atoms with Gasteiger partial charge in [0.25, 0.3) is 0 Å². The Morgan fingerprint density at radius 3 is 2.53 bits per heavy atom. The van der Waals surface area contributed by atoms with E-state index in [2.05, 4.69) is 15.9 Å². The lowest BCUT2D eigenvalue weighted by atomic mass is 10.1. The summed E-state index contributed by atoms with van der Waals surface area (Å²) in [6.07, 6.45) is 2.05. The molecule has 0 aromatic heterocycles. The minimum atomic E-state index is 0.170. The van der Waals surface area contributed by atoms with Crippen LogP contribution in [0.4, 0.5) is 0 Å². The number of alkyl halides is 1. The second-order valence-electron chi connectivity index (χ2n) is 4.14. The molecule has 0 N–H and O–H groups in total. The topological polar surface area (TPSA) is 29.5 Å². The number of nitrogens with zero attached hydrogens (tertiary/aromatic N) is 1. The molecule has 0 radical (unpaired) electrons. The Kier molecular flexibility index (Phi) is 4.42. The van der Waals surface area contributed by atoms with Crippen LogP contribution in [-0.2, 0) is 4.79 Å². The molecule has 0 aliphatic carbocycles. The fraction of sp³-hybridized carbons (Fsp3) is 0.462. The standard InChI is InChI=1S/C13H16BrNO2/c14-10-13(16)15-8-6-12(7-9-15)17-11-4-2-1-3-5-11/h1-5,12H,6-10H2. The van der Waals surface area contributed by atoms with Crippen molar-refractivity contribution in [2.75, 3.05) is 18.4 Å². The highest BCUT2D eigenvalue weighted by Crippen LogP contribution is 2.18. The van der Waals surface area contributed by atoms with Crippen LogP contribution in [0.1, 0.15) is 12.8 Å². The van der Waals surface area contributed by atoms with Gasteiger partial charge >= 0.3 is 0 Å².